The van der Waals surface area contributed by atoms with Gasteiger partial charge in [-0.15, -0.1) is 0 Å². The Kier molecular flexibility index (Phi) is 5.62. The number of amides is 5. The molecule has 5 amide bonds. The van der Waals surface area contributed by atoms with Gasteiger partial charge in [0.15, 0.2) is 0 Å². The summed E-state index contributed by atoms with van der Waals surface area (Å²) in [7, 11) is 0. The molecule has 3 heterocycles. The van der Waals surface area contributed by atoms with Gasteiger partial charge >= 0.3 is 6.03 Å². The first-order valence-electron chi connectivity index (χ1n) is 12.1. The third-order valence-corrected chi connectivity index (χ3v) is 7.40. The van der Waals surface area contributed by atoms with E-state index >= 15 is 0 Å². The summed E-state index contributed by atoms with van der Waals surface area (Å²) in [4.78, 5) is 53.4. The largest absolute Gasteiger partial charge is 0.326 e. The summed E-state index contributed by atoms with van der Waals surface area (Å²) in [5.74, 6) is -0.658. The first-order chi connectivity index (χ1) is 16.6. The maximum absolute atomic E-state index is 13.4. The van der Waals surface area contributed by atoms with Crippen molar-refractivity contribution < 1.29 is 19.2 Å². The Bertz CT molecular complexity index is 1230. The zero-order chi connectivity index (χ0) is 24.9. The van der Waals surface area contributed by atoms with E-state index in [4.69, 9.17) is 0 Å². The van der Waals surface area contributed by atoms with Crippen LogP contribution in [0, 0.1) is 11.3 Å². The number of carbonyl (C=O) groups is 4. The van der Waals surface area contributed by atoms with Crippen molar-refractivity contribution in [2.45, 2.75) is 52.6 Å². The van der Waals surface area contributed by atoms with E-state index in [1.54, 1.807) is 18.2 Å². The molecule has 2 aromatic rings. The molecule has 0 aromatic heterocycles. The number of rotatable bonds is 2. The molecule has 2 aromatic carbocycles. The number of nitrogens with zero attached hydrogens (tertiary/aromatic N) is 2. The normalized spacial score (nSPS) is 22.0. The number of anilines is 2. The second-order valence-corrected chi connectivity index (χ2v) is 10.7. The van der Waals surface area contributed by atoms with Crippen LogP contribution in [0.4, 0.5) is 16.2 Å². The van der Waals surface area contributed by atoms with Crippen LogP contribution < -0.4 is 15.5 Å². The van der Waals surface area contributed by atoms with Crippen LogP contribution in [0.15, 0.2) is 42.5 Å². The SMILES string of the molecule is CC(C)(C)C1Cc2ccccc2N(C(=O)Nc2ccc3c(c2)CN(C2CCC(=O)NC2=O)C3=O)C1. The van der Waals surface area contributed by atoms with Crippen molar-refractivity contribution in [3.05, 3.63) is 59.2 Å². The average molecular weight is 475 g/mol. The van der Waals surface area contributed by atoms with E-state index in [-0.39, 0.29) is 36.2 Å². The molecular formula is C27H30N4O4. The van der Waals surface area contributed by atoms with Crippen molar-refractivity contribution in [1.82, 2.24) is 10.2 Å². The molecule has 0 spiro atoms. The van der Waals surface area contributed by atoms with Gasteiger partial charge in [-0.3, -0.25) is 24.6 Å². The van der Waals surface area contributed by atoms with E-state index in [2.05, 4.69) is 37.5 Å². The summed E-state index contributed by atoms with van der Waals surface area (Å²) >= 11 is 0. The number of piperidine rings is 1. The molecule has 5 rings (SSSR count). The molecule has 0 aliphatic carbocycles. The number of hydrogen-bond donors (Lipinski definition) is 2. The van der Waals surface area contributed by atoms with Crippen LogP contribution in [0.25, 0.3) is 0 Å². The van der Waals surface area contributed by atoms with Crippen molar-refractivity contribution in [2.24, 2.45) is 11.3 Å². The Morgan fingerprint density at radius 1 is 1.06 bits per heavy atom. The molecule has 182 valence electrons. The zero-order valence-electron chi connectivity index (χ0n) is 20.3. The molecule has 8 nitrogen and oxygen atoms in total. The molecule has 0 saturated carbocycles. The predicted octanol–water partition coefficient (Wildman–Crippen LogP) is 3.70. The topological polar surface area (TPSA) is 98.8 Å². The van der Waals surface area contributed by atoms with E-state index in [0.29, 0.717) is 30.1 Å². The molecule has 1 fully saturated rings. The maximum Gasteiger partial charge on any atom is 0.326 e. The molecule has 3 aliphatic heterocycles. The van der Waals surface area contributed by atoms with Crippen molar-refractivity contribution in [2.75, 3.05) is 16.8 Å². The number of carbonyl (C=O) groups excluding carboxylic acids is 4. The monoisotopic (exact) mass is 474 g/mol. The van der Waals surface area contributed by atoms with Gasteiger partial charge in [0.1, 0.15) is 6.04 Å². The molecule has 0 bridgehead atoms. The zero-order valence-corrected chi connectivity index (χ0v) is 20.3. The standard InChI is InChI=1S/C27H30N4O4/c1-27(2,3)18-12-16-6-4-5-7-21(16)31(15-18)26(35)28-19-8-9-20-17(13-19)14-30(25(20)34)22-10-11-23(32)29-24(22)33/h4-9,13,18,22H,10-12,14-15H2,1-3H3,(H,28,35)(H,29,32,33). The number of hydrogen-bond acceptors (Lipinski definition) is 4. The predicted molar refractivity (Wildman–Crippen MR) is 132 cm³/mol. The lowest BCUT2D eigenvalue weighted by atomic mass is 9.75. The Labute approximate surface area is 204 Å². The highest BCUT2D eigenvalue weighted by Gasteiger charge is 2.39. The number of imide groups is 1. The number of urea groups is 1. The van der Waals surface area contributed by atoms with E-state index in [1.165, 1.54) is 4.90 Å². The van der Waals surface area contributed by atoms with E-state index in [0.717, 1.165) is 23.2 Å². The van der Waals surface area contributed by atoms with Gasteiger partial charge < -0.3 is 10.2 Å². The summed E-state index contributed by atoms with van der Waals surface area (Å²) in [6.45, 7) is 7.50. The van der Waals surface area contributed by atoms with Crippen LogP contribution in [0.5, 0.6) is 0 Å². The minimum Gasteiger partial charge on any atom is -0.322 e. The fraction of sp³-hybridized carbons (Fsp3) is 0.407. The fourth-order valence-electron chi connectivity index (χ4n) is 5.21. The fourth-order valence-corrected chi connectivity index (χ4v) is 5.21. The molecule has 35 heavy (non-hydrogen) atoms. The van der Waals surface area contributed by atoms with Crippen molar-refractivity contribution in [3.8, 4) is 0 Å². The second-order valence-electron chi connectivity index (χ2n) is 10.7. The second kappa shape index (κ2) is 8.52. The van der Waals surface area contributed by atoms with Gasteiger partial charge in [-0.25, -0.2) is 4.79 Å². The molecule has 0 radical (unpaired) electrons. The maximum atomic E-state index is 13.4. The van der Waals surface area contributed by atoms with E-state index in [9.17, 15) is 19.2 Å². The Morgan fingerprint density at radius 3 is 2.57 bits per heavy atom. The third kappa shape index (κ3) is 4.29. The van der Waals surface area contributed by atoms with Crippen LogP contribution in [-0.2, 0) is 22.6 Å². The molecule has 2 unspecified atom stereocenters. The third-order valence-electron chi connectivity index (χ3n) is 7.40. The van der Waals surface area contributed by atoms with Crippen molar-refractivity contribution >= 4 is 35.1 Å². The van der Waals surface area contributed by atoms with Crippen LogP contribution in [0.3, 0.4) is 0 Å². The van der Waals surface area contributed by atoms with Gasteiger partial charge in [-0.1, -0.05) is 39.0 Å². The smallest absolute Gasteiger partial charge is 0.322 e. The summed E-state index contributed by atoms with van der Waals surface area (Å²) in [5.41, 5.74) is 4.01. The lowest BCUT2D eigenvalue weighted by molar-refractivity contribution is -0.136. The minimum atomic E-state index is -0.662. The van der Waals surface area contributed by atoms with Gasteiger partial charge in [0.25, 0.3) is 5.91 Å². The number of para-hydroxylation sites is 1. The average Bonchev–Trinajstić information content (AvgIpc) is 3.13. The van der Waals surface area contributed by atoms with Gasteiger partial charge in [-0.2, -0.15) is 0 Å². The number of fused-ring (bicyclic) bond motifs is 2. The highest BCUT2D eigenvalue weighted by Crippen LogP contribution is 2.38. The molecule has 2 atom stereocenters. The number of benzene rings is 2. The Hall–Kier alpha value is -3.68. The molecule has 3 aliphatic rings. The summed E-state index contributed by atoms with van der Waals surface area (Å²) in [6.07, 6.45) is 1.46. The quantitative estimate of drug-likeness (QED) is 0.649. The molecular weight excluding hydrogens is 444 g/mol. The van der Waals surface area contributed by atoms with Crippen molar-refractivity contribution in [1.29, 1.82) is 0 Å². The van der Waals surface area contributed by atoms with Crippen LogP contribution in [-0.4, -0.2) is 41.2 Å². The van der Waals surface area contributed by atoms with Crippen LogP contribution in [0.1, 0.15) is 55.1 Å². The van der Waals surface area contributed by atoms with Crippen LogP contribution in [0.2, 0.25) is 0 Å². The van der Waals surface area contributed by atoms with Gasteiger partial charge in [0.05, 0.1) is 0 Å². The van der Waals surface area contributed by atoms with Crippen molar-refractivity contribution in [3.63, 3.8) is 0 Å². The lowest BCUT2D eigenvalue weighted by Gasteiger charge is -2.40. The highest BCUT2D eigenvalue weighted by atomic mass is 16.2. The number of nitrogens with one attached hydrogen (secondary N) is 2. The summed E-state index contributed by atoms with van der Waals surface area (Å²) < 4.78 is 0. The minimum absolute atomic E-state index is 0.0550. The molecule has 2 N–H and O–H groups in total. The first kappa shape index (κ1) is 23.1. The van der Waals surface area contributed by atoms with E-state index in [1.807, 2.05) is 23.1 Å². The first-order valence-corrected chi connectivity index (χ1v) is 12.1. The van der Waals surface area contributed by atoms with Gasteiger partial charge in [0, 0.05) is 36.4 Å². The molecule has 8 heteroatoms. The Morgan fingerprint density at radius 2 is 1.83 bits per heavy atom. The summed E-state index contributed by atoms with van der Waals surface area (Å²) in [5, 5.41) is 5.33. The van der Waals surface area contributed by atoms with Crippen LogP contribution >= 0.6 is 0 Å². The van der Waals surface area contributed by atoms with E-state index < -0.39 is 11.9 Å². The van der Waals surface area contributed by atoms with Gasteiger partial charge in [0.2, 0.25) is 11.8 Å². The highest BCUT2D eigenvalue weighted by molar-refractivity contribution is 6.06. The summed E-state index contributed by atoms with van der Waals surface area (Å²) in [6, 6.07) is 12.4. The lowest BCUT2D eigenvalue weighted by Crippen LogP contribution is -2.52. The van der Waals surface area contributed by atoms with Gasteiger partial charge in [-0.05, 0) is 59.6 Å². The Balaban J connectivity index is 1.34. The molecule has 1 saturated heterocycles.